The first-order valence-corrected chi connectivity index (χ1v) is 10.9. The largest absolute Gasteiger partial charge is 0.339 e. The number of piperazine rings is 1. The zero-order valence-electron chi connectivity index (χ0n) is 16.5. The maximum atomic E-state index is 12.6. The highest BCUT2D eigenvalue weighted by molar-refractivity contribution is 7.12. The van der Waals surface area contributed by atoms with Crippen LogP contribution in [0.4, 0.5) is 0 Å². The van der Waals surface area contributed by atoms with E-state index in [1.807, 2.05) is 29.7 Å². The number of rotatable bonds is 5. The number of nitrogens with zero attached hydrogens (tertiary/aromatic N) is 2. The van der Waals surface area contributed by atoms with Gasteiger partial charge in [0.25, 0.3) is 0 Å². The van der Waals surface area contributed by atoms with Crippen molar-refractivity contribution in [3.63, 3.8) is 0 Å². The van der Waals surface area contributed by atoms with E-state index in [0.717, 1.165) is 41.0 Å². The van der Waals surface area contributed by atoms with Crippen molar-refractivity contribution in [1.82, 2.24) is 9.80 Å². The molecule has 1 aromatic rings. The van der Waals surface area contributed by atoms with Gasteiger partial charge >= 0.3 is 0 Å². The molecule has 0 N–H and O–H groups in total. The molecule has 3 rings (SSSR count). The highest BCUT2D eigenvalue weighted by atomic mass is 32.1. The SMILES string of the molecule is Cc1cc(C(=O)CCC(=O)N2CCN(C(=O)C3CCCCC3)CC2)c(C)s1. The van der Waals surface area contributed by atoms with Crippen LogP contribution < -0.4 is 0 Å². The van der Waals surface area contributed by atoms with Crippen LogP contribution in [0.5, 0.6) is 0 Å². The van der Waals surface area contributed by atoms with Crippen molar-refractivity contribution in [3.05, 3.63) is 21.4 Å². The second-order valence-electron chi connectivity index (χ2n) is 7.79. The molecule has 2 fully saturated rings. The zero-order chi connectivity index (χ0) is 19.4. The quantitative estimate of drug-likeness (QED) is 0.722. The molecule has 0 radical (unpaired) electrons. The van der Waals surface area contributed by atoms with Crippen LogP contribution in [0, 0.1) is 19.8 Å². The van der Waals surface area contributed by atoms with Gasteiger partial charge in [-0.15, -0.1) is 11.3 Å². The summed E-state index contributed by atoms with van der Waals surface area (Å²) in [4.78, 5) is 43.4. The van der Waals surface area contributed by atoms with Gasteiger partial charge in [-0.1, -0.05) is 19.3 Å². The molecule has 5 nitrogen and oxygen atoms in total. The lowest BCUT2D eigenvalue weighted by molar-refractivity contribution is -0.142. The zero-order valence-corrected chi connectivity index (χ0v) is 17.3. The second-order valence-corrected chi connectivity index (χ2v) is 9.25. The summed E-state index contributed by atoms with van der Waals surface area (Å²) in [6, 6.07) is 1.92. The number of carbonyl (C=O) groups is 3. The van der Waals surface area contributed by atoms with E-state index in [0.29, 0.717) is 26.2 Å². The fourth-order valence-corrected chi connectivity index (χ4v) is 5.15. The number of amides is 2. The van der Waals surface area contributed by atoms with Crippen molar-refractivity contribution in [2.24, 2.45) is 5.92 Å². The molecule has 27 heavy (non-hydrogen) atoms. The van der Waals surface area contributed by atoms with Crippen LogP contribution in [0.2, 0.25) is 0 Å². The van der Waals surface area contributed by atoms with Crippen molar-refractivity contribution in [2.45, 2.75) is 58.8 Å². The third-order valence-corrected chi connectivity index (χ3v) is 6.77. The maximum Gasteiger partial charge on any atom is 0.225 e. The summed E-state index contributed by atoms with van der Waals surface area (Å²) >= 11 is 1.62. The van der Waals surface area contributed by atoms with Gasteiger partial charge in [-0.3, -0.25) is 14.4 Å². The van der Waals surface area contributed by atoms with Gasteiger partial charge in [-0.2, -0.15) is 0 Å². The van der Waals surface area contributed by atoms with Crippen molar-refractivity contribution in [1.29, 1.82) is 0 Å². The first-order chi connectivity index (χ1) is 13.0. The maximum absolute atomic E-state index is 12.6. The predicted molar refractivity (Wildman–Crippen MR) is 107 cm³/mol. The molecule has 1 saturated carbocycles. The minimum Gasteiger partial charge on any atom is -0.339 e. The standard InChI is InChI=1S/C21H30N2O3S/c1-15-14-18(16(2)27-15)19(24)8-9-20(25)22-10-12-23(13-11-22)21(26)17-6-4-3-5-7-17/h14,17H,3-13H2,1-2H3. The third-order valence-electron chi connectivity index (χ3n) is 5.81. The number of ketones is 1. The molecule has 148 valence electrons. The summed E-state index contributed by atoms with van der Waals surface area (Å²) in [6.07, 6.45) is 6.11. The number of thiophene rings is 1. The molecule has 6 heteroatoms. The molecular formula is C21H30N2O3S. The lowest BCUT2D eigenvalue weighted by Crippen LogP contribution is -2.52. The molecule has 1 aromatic heterocycles. The van der Waals surface area contributed by atoms with Gasteiger partial charge in [0.1, 0.15) is 0 Å². The minimum absolute atomic E-state index is 0.0257. The molecule has 2 heterocycles. The van der Waals surface area contributed by atoms with Crippen LogP contribution in [0.1, 0.15) is 65.1 Å². The van der Waals surface area contributed by atoms with E-state index in [1.54, 1.807) is 11.3 Å². The number of hydrogen-bond acceptors (Lipinski definition) is 4. The second kappa shape index (κ2) is 9.00. The van der Waals surface area contributed by atoms with E-state index in [2.05, 4.69) is 0 Å². The molecule has 2 aliphatic rings. The Hall–Kier alpha value is -1.69. The normalized spacial score (nSPS) is 18.6. The predicted octanol–water partition coefficient (Wildman–Crippen LogP) is 3.58. The van der Waals surface area contributed by atoms with Gasteiger partial charge in [-0.25, -0.2) is 0 Å². The van der Waals surface area contributed by atoms with E-state index in [1.165, 1.54) is 6.42 Å². The third kappa shape index (κ3) is 4.98. The molecule has 1 saturated heterocycles. The van der Waals surface area contributed by atoms with E-state index < -0.39 is 0 Å². The summed E-state index contributed by atoms with van der Waals surface area (Å²) in [6.45, 7) is 6.36. The summed E-state index contributed by atoms with van der Waals surface area (Å²) in [5, 5.41) is 0. The molecule has 2 amide bonds. The van der Waals surface area contributed by atoms with Crippen LogP contribution in [0.25, 0.3) is 0 Å². The Labute approximate surface area is 165 Å². The van der Waals surface area contributed by atoms with E-state index in [9.17, 15) is 14.4 Å². The molecule has 1 aliphatic carbocycles. The smallest absolute Gasteiger partial charge is 0.225 e. The van der Waals surface area contributed by atoms with Gasteiger partial charge in [0.15, 0.2) is 5.78 Å². The van der Waals surface area contributed by atoms with Crippen molar-refractivity contribution in [3.8, 4) is 0 Å². The highest BCUT2D eigenvalue weighted by Gasteiger charge is 2.29. The number of carbonyl (C=O) groups excluding carboxylic acids is 3. The highest BCUT2D eigenvalue weighted by Crippen LogP contribution is 2.26. The van der Waals surface area contributed by atoms with Crippen LogP contribution in [-0.4, -0.2) is 53.6 Å². The van der Waals surface area contributed by atoms with Gasteiger partial charge in [0.05, 0.1) is 0 Å². The van der Waals surface area contributed by atoms with Gasteiger partial charge < -0.3 is 9.80 Å². The Balaban J connectivity index is 1.43. The molecule has 0 unspecified atom stereocenters. The lowest BCUT2D eigenvalue weighted by Gasteiger charge is -2.37. The average molecular weight is 391 g/mol. The average Bonchev–Trinajstić information content (AvgIpc) is 3.04. The van der Waals surface area contributed by atoms with Crippen molar-refractivity contribution >= 4 is 28.9 Å². The Morgan fingerprint density at radius 3 is 2.19 bits per heavy atom. The monoisotopic (exact) mass is 390 g/mol. The van der Waals surface area contributed by atoms with E-state index >= 15 is 0 Å². The first kappa shape index (κ1) is 20.1. The number of aryl methyl sites for hydroxylation is 2. The topological polar surface area (TPSA) is 57.7 Å². The van der Waals surface area contributed by atoms with Crippen molar-refractivity contribution < 1.29 is 14.4 Å². The Bertz CT molecular complexity index is 698. The fraction of sp³-hybridized carbons (Fsp3) is 0.667. The van der Waals surface area contributed by atoms with Gasteiger partial charge in [0.2, 0.25) is 11.8 Å². The van der Waals surface area contributed by atoms with Crippen LogP contribution in [-0.2, 0) is 9.59 Å². The molecule has 0 spiro atoms. The van der Waals surface area contributed by atoms with Gasteiger partial charge in [0, 0.05) is 60.3 Å². The molecular weight excluding hydrogens is 360 g/mol. The summed E-state index contributed by atoms with van der Waals surface area (Å²) in [7, 11) is 0. The Morgan fingerprint density at radius 1 is 0.963 bits per heavy atom. The van der Waals surface area contributed by atoms with Crippen LogP contribution >= 0.6 is 11.3 Å². The fourth-order valence-electron chi connectivity index (χ4n) is 4.20. The van der Waals surface area contributed by atoms with E-state index in [4.69, 9.17) is 0 Å². The van der Waals surface area contributed by atoms with Gasteiger partial charge in [-0.05, 0) is 32.8 Å². The first-order valence-electron chi connectivity index (χ1n) is 10.1. The molecule has 0 bridgehead atoms. The molecule has 0 atom stereocenters. The Morgan fingerprint density at radius 2 is 1.59 bits per heavy atom. The van der Waals surface area contributed by atoms with Crippen LogP contribution in [0.15, 0.2) is 6.07 Å². The lowest BCUT2D eigenvalue weighted by atomic mass is 9.88. The van der Waals surface area contributed by atoms with Crippen molar-refractivity contribution in [2.75, 3.05) is 26.2 Å². The van der Waals surface area contributed by atoms with E-state index in [-0.39, 0.29) is 36.4 Å². The molecule has 1 aliphatic heterocycles. The minimum atomic E-state index is 0.0257. The number of Topliss-reactive ketones (excluding diaryl/α,β-unsaturated/α-hetero) is 1. The summed E-state index contributed by atoms with van der Waals surface area (Å²) in [5.74, 6) is 0.547. The summed E-state index contributed by atoms with van der Waals surface area (Å²) in [5.41, 5.74) is 0.758. The number of hydrogen-bond donors (Lipinski definition) is 0. The van der Waals surface area contributed by atoms with Crippen LogP contribution in [0.3, 0.4) is 0 Å². The Kier molecular flexibility index (Phi) is 6.68. The molecule has 0 aromatic carbocycles. The summed E-state index contributed by atoms with van der Waals surface area (Å²) < 4.78 is 0.